The van der Waals surface area contributed by atoms with Gasteiger partial charge in [-0.25, -0.2) is 21.6 Å². The molecule has 0 spiro atoms. The number of rotatable bonds is 8. The molecule has 15 heavy (non-hydrogen) atoms. The first-order chi connectivity index (χ1) is 6.83. The van der Waals surface area contributed by atoms with Crippen LogP contribution in [-0.2, 0) is 19.9 Å². The van der Waals surface area contributed by atoms with E-state index in [4.69, 9.17) is 0 Å². The van der Waals surface area contributed by atoms with Crippen molar-refractivity contribution in [1.82, 2.24) is 10.0 Å². The van der Waals surface area contributed by atoms with Crippen molar-refractivity contribution in [3.05, 3.63) is 0 Å². The highest BCUT2D eigenvalue weighted by Crippen LogP contribution is 1.89. The summed E-state index contributed by atoms with van der Waals surface area (Å²) in [5.74, 6) is -0.163. The van der Waals surface area contributed by atoms with Crippen molar-refractivity contribution in [3.8, 4) is 0 Å². The first-order valence-electron chi connectivity index (χ1n) is 4.65. The maximum atomic E-state index is 11.2. The Balaban J connectivity index is 3.96. The Labute approximate surface area is 91.4 Å². The van der Waals surface area contributed by atoms with Gasteiger partial charge in [-0.2, -0.15) is 0 Å². The highest BCUT2D eigenvalue weighted by atomic mass is 32.2. The molecule has 0 unspecified atom stereocenters. The molecular formula is C7H18N2O4S2. The van der Waals surface area contributed by atoms with Gasteiger partial charge in [-0.3, -0.25) is 0 Å². The topological polar surface area (TPSA) is 92.3 Å². The van der Waals surface area contributed by atoms with Crippen LogP contribution in [-0.4, -0.2) is 54.2 Å². The molecule has 0 saturated carbocycles. The first kappa shape index (κ1) is 14.8. The van der Waals surface area contributed by atoms with Gasteiger partial charge in [0, 0.05) is 18.8 Å². The van der Waals surface area contributed by atoms with Crippen LogP contribution in [0.25, 0.3) is 0 Å². The second kappa shape index (κ2) is 6.41. The zero-order chi connectivity index (χ0) is 11.9. The minimum atomic E-state index is -3.35. The minimum Gasteiger partial charge on any atom is -0.319 e. The summed E-state index contributed by atoms with van der Waals surface area (Å²) in [5.41, 5.74) is 0. The number of hydrogen-bond acceptors (Lipinski definition) is 5. The minimum absolute atomic E-state index is 0.0330. The van der Waals surface area contributed by atoms with Crippen molar-refractivity contribution in [3.63, 3.8) is 0 Å². The van der Waals surface area contributed by atoms with E-state index in [1.165, 1.54) is 6.92 Å². The average molecular weight is 258 g/mol. The zero-order valence-corrected chi connectivity index (χ0v) is 10.6. The van der Waals surface area contributed by atoms with Crippen molar-refractivity contribution in [2.24, 2.45) is 0 Å². The number of nitrogens with one attached hydrogen (secondary N) is 2. The van der Waals surface area contributed by atoms with E-state index in [1.54, 1.807) is 7.05 Å². The Kier molecular flexibility index (Phi) is 6.34. The van der Waals surface area contributed by atoms with Crippen LogP contribution in [0, 0.1) is 0 Å². The Bertz CT molecular complexity index is 360. The largest absolute Gasteiger partial charge is 0.319 e. The molecule has 0 rings (SSSR count). The van der Waals surface area contributed by atoms with E-state index in [0.717, 1.165) is 0 Å². The summed E-state index contributed by atoms with van der Waals surface area (Å²) in [6.07, 6.45) is 0. The Morgan fingerprint density at radius 1 is 1.00 bits per heavy atom. The average Bonchev–Trinajstić information content (AvgIpc) is 2.14. The van der Waals surface area contributed by atoms with Gasteiger partial charge in [-0.15, -0.1) is 0 Å². The SMILES string of the molecule is CCS(=O)(=O)CCNS(=O)(=O)CCNC. The second-order valence-corrected chi connectivity index (χ2v) is 7.45. The molecule has 0 radical (unpaired) electrons. The van der Waals surface area contributed by atoms with Gasteiger partial charge in [0.1, 0.15) is 0 Å². The molecule has 0 bridgehead atoms. The predicted molar refractivity (Wildman–Crippen MR) is 60.0 cm³/mol. The van der Waals surface area contributed by atoms with Crippen LogP contribution < -0.4 is 10.0 Å². The van der Waals surface area contributed by atoms with Crippen LogP contribution >= 0.6 is 0 Å². The summed E-state index contributed by atoms with van der Waals surface area (Å²) < 4.78 is 46.8. The molecular weight excluding hydrogens is 240 g/mol. The predicted octanol–water partition coefficient (Wildman–Crippen LogP) is -1.44. The van der Waals surface area contributed by atoms with Gasteiger partial charge in [0.15, 0.2) is 9.84 Å². The molecule has 0 aromatic heterocycles. The van der Waals surface area contributed by atoms with Crippen molar-refractivity contribution >= 4 is 19.9 Å². The molecule has 0 aromatic carbocycles. The first-order valence-corrected chi connectivity index (χ1v) is 8.12. The highest BCUT2D eigenvalue weighted by molar-refractivity contribution is 7.91. The van der Waals surface area contributed by atoms with Gasteiger partial charge < -0.3 is 5.32 Å². The normalized spacial score (nSPS) is 12.9. The summed E-state index contributed by atoms with van der Waals surface area (Å²) in [4.78, 5) is 0. The van der Waals surface area contributed by atoms with Gasteiger partial charge >= 0.3 is 0 Å². The quantitative estimate of drug-likeness (QED) is 0.556. The van der Waals surface area contributed by atoms with E-state index in [-0.39, 0.29) is 23.8 Å². The fraction of sp³-hybridized carbons (Fsp3) is 1.00. The van der Waals surface area contributed by atoms with Gasteiger partial charge in [-0.1, -0.05) is 6.92 Å². The molecule has 6 nitrogen and oxygen atoms in total. The maximum Gasteiger partial charge on any atom is 0.212 e. The Morgan fingerprint density at radius 2 is 1.60 bits per heavy atom. The van der Waals surface area contributed by atoms with Crippen LogP contribution in [0.2, 0.25) is 0 Å². The lowest BCUT2D eigenvalue weighted by Crippen LogP contribution is -2.34. The lowest BCUT2D eigenvalue weighted by Gasteiger charge is -2.05. The van der Waals surface area contributed by atoms with Crippen LogP contribution in [0.3, 0.4) is 0 Å². The van der Waals surface area contributed by atoms with E-state index in [0.29, 0.717) is 6.54 Å². The third kappa shape index (κ3) is 7.71. The molecule has 0 heterocycles. The Hall–Kier alpha value is -0.180. The molecule has 0 atom stereocenters. The zero-order valence-electron chi connectivity index (χ0n) is 8.99. The van der Waals surface area contributed by atoms with Crippen LogP contribution in [0.15, 0.2) is 0 Å². The Morgan fingerprint density at radius 3 is 2.07 bits per heavy atom. The van der Waals surface area contributed by atoms with E-state index in [2.05, 4.69) is 10.0 Å². The smallest absolute Gasteiger partial charge is 0.212 e. The van der Waals surface area contributed by atoms with Crippen molar-refractivity contribution < 1.29 is 16.8 Å². The molecule has 0 aromatic rings. The second-order valence-electron chi connectivity index (χ2n) is 3.05. The van der Waals surface area contributed by atoms with Gasteiger partial charge in [-0.05, 0) is 7.05 Å². The molecule has 92 valence electrons. The van der Waals surface area contributed by atoms with Gasteiger partial charge in [0.2, 0.25) is 10.0 Å². The molecule has 0 fully saturated rings. The standard InChI is InChI=1S/C7H18N2O4S2/c1-3-14(10,11)6-5-9-15(12,13)7-4-8-2/h8-9H,3-7H2,1-2H3. The fourth-order valence-electron chi connectivity index (χ4n) is 0.806. The summed E-state index contributed by atoms with van der Waals surface area (Å²) >= 11 is 0. The summed E-state index contributed by atoms with van der Waals surface area (Å²) in [6, 6.07) is 0. The van der Waals surface area contributed by atoms with Crippen LogP contribution in [0.1, 0.15) is 6.92 Å². The van der Waals surface area contributed by atoms with E-state index in [9.17, 15) is 16.8 Å². The summed E-state index contributed by atoms with van der Waals surface area (Å²) in [7, 11) is -4.81. The van der Waals surface area contributed by atoms with Crippen molar-refractivity contribution in [2.45, 2.75) is 6.92 Å². The third-order valence-electron chi connectivity index (χ3n) is 1.80. The number of sulfone groups is 1. The van der Waals surface area contributed by atoms with Gasteiger partial charge in [0.25, 0.3) is 0 Å². The highest BCUT2D eigenvalue weighted by Gasteiger charge is 2.12. The van der Waals surface area contributed by atoms with Crippen molar-refractivity contribution in [2.75, 3.05) is 37.4 Å². The summed E-state index contributed by atoms with van der Waals surface area (Å²) in [6.45, 7) is 1.82. The van der Waals surface area contributed by atoms with Crippen LogP contribution in [0.5, 0.6) is 0 Å². The molecule has 0 aliphatic rings. The molecule has 0 amide bonds. The lowest BCUT2D eigenvalue weighted by molar-refractivity contribution is 0.579. The lowest BCUT2D eigenvalue weighted by atomic mass is 10.8. The van der Waals surface area contributed by atoms with E-state index in [1.807, 2.05) is 0 Å². The molecule has 0 aliphatic carbocycles. The van der Waals surface area contributed by atoms with Gasteiger partial charge in [0.05, 0.1) is 11.5 Å². The third-order valence-corrected chi connectivity index (χ3v) is 4.89. The fourth-order valence-corrected chi connectivity index (χ4v) is 2.67. The molecule has 0 aliphatic heterocycles. The maximum absolute atomic E-state index is 11.2. The molecule has 8 heteroatoms. The summed E-state index contributed by atoms with van der Waals surface area (Å²) in [5, 5.41) is 2.70. The number of hydrogen-bond donors (Lipinski definition) is 2. The molecule has 2 N–H and O–H groups in total. The van der Waals surface area contributed by atoms with E-state index < -0.39 is 19.9 Å². The van der Waals surface area contributed by atoms with Crippen LogP contribution in [0.4, 0.5) is 0 Å². The van der Waals surface area contributed by atoms with E-state index >= 15 is 0 Å². The van der Waals surface area contributed by atoms with Crippen molar-refractivity contribution in [1.29, 1.82) is 0 Å². The molecule has 0 saturated heterocycles. The number of sulfonamides is 1. The monoisotopic (exact) mass is 258 g/mol.